The van der Waals surface area contributed by atoms with Crippen LogP contribution >= 0.6 is 11.8 Å². The highest BCUT2D eigenvalue weighted by molar-refractivity contribution is 7.99. The molecular formula is C15H20N2OS. The smallest absolute Gasteiger partial charge is 0.246 e. The van der Waals surface area contributed by atoms with Crippen LogP contribution in [0.2, 0.25) is 0 Å². The van der Waals surface area contributed by atoms with Crippen molar-refractivity contribution in [2.75, 3.05) is 12.4 Å². The van der Waals surface area contributed by atoms with Crippen LogP contribution in [0, 0.1) is 0 Å². The molecule has 1 amide bonds. The summed E-state index contributed by atoms with van der Waals surface area (Å²) < 4.78 is 0. The normalized spacial score (nSPS) is 25.4. The number of amides is 1. The summed E-state index contributed by atoms with van der Waals surface area (Å²) in [6.45, 7) is 2.80. The first-order chi connectivity index (χ1) is 9.26. The van der Waals surface area contributed by atoms with Gasteiger partial charge in [0.2, 0.25) is 5.91 Å². The molecule has 1 spiro atoms. The number of thioether (sulfide) groups is 1. The SMILES string of the molecule is CCCCc1ccc2c(c1)SCCC21NCNC1=O. The minimum atomic E-state index is -0.468. The third-order valence-corrected chi connectivity index (χ3v) is 5.14. The molecular weight excluding hydrogens is 256 g/mol. The van der Waals surface area contributed by atoms with Crippen molar-refractivity contribution < 1.29 is 4.79 Å². The highest BCUT2D eigenvalue weighted by atomic mass is 32.2. The van der Waals surface area contributed by atoms with Crippen LogP contribution in [0.1, 0.15) is 37.3 Å². The van der Waals surface area contributed by atoms with Crippen LogP contribution in [0.4, 0.5) is 0 Å². The first kappa shape index (κ1) is 13.0. The van der Waals surface area contributed by atoms with Crippen molar-refractivity contribution in [1.29, 1.82) is 0 Å². The van der Waals surface area contributed by atoms with Gasteiger partial charge in [-0.05, 0) is 36.5 Å². The maximum absolute atomic E-state index is 12.2. The van der Waals surface area contributed by atoms with Gasteiger partial charge in [0, 0.05) is 10.6 Å². The summed E-state index contributed by atoms with van der Waals surface area (Å²) in [6, 6.07) is 6.63. The van der Waals surface area contributed by atoms with E-state index < -0.39 is 5.54 Å². The Labute approximate surface area is 118 Å². The average molecular weight is 276 g/mol. The molecule has 2 heterocycles. The van der Waals surface area contributed by atoms with E-state index in [2.05, 4.69) is 35.8 Å². The van der Waals surface area contributed by atoms with Crippen LogP contribution in [0.3, 0.4) is 0 Å². The first-order valence-corrected chi connectivity index (χ1v) is 8.04. The zero-order valence-corrected chi connectivity index (χ0v) is 12.1. The summed E-state index contributed by atoms with van der Waals surface area (Å²) in [4.78, 5) is 13.5. The Kier molecular flexibility index (Phi) is 3.54. The molecule has 1 fully saturated rings. The predicted octanol–water partition coefficient (Wildman–Crippen LogP) is 2.40. The molecule has 1 atom stereocenters. The Morgan fingerprint density at radius 2 is 2.32 bits per heavy atom. The molecule has 1 aromatic rings. The molecule has 1 saturated heterocycles. The zero-order valence-electron chi connectivity index (χ0n) is 11.3. The van der Waals surface area contributed by atoms with E-state index in [0.717, 1.165) is 18.6 Å². The highest BCUT2D eigenvalue weighted by Gasteiger charge is 2.46. The van der Waals surface area contributed by atoms with E-state index in [0.29, 0.717) is 6.67 Å². The van der Waals surface area contributed by atoms with Crippen molar-refractivity contribution >= 4 is 17.7 Å². The highest BCUT2D eigenvalue weighted by Crippen LogP contribution is 2.42. The lowest BCUT2D eigenvalue weighted by molar-refractivity contribution is -0.124. The summed E-state index contributed by atoms with van der Waals surface area (Å²) >= 11 is 1.88. The predicted molar refractivity (Wildman–Crippen MR) is 78.2 cm³/mol. The Balaban J connectivity index is 1.95. The van der Waals surface area contributed by atoms with Crippen LogP contribution in [0.25, 0.3) is 0 Å². The number of benzene rings is 1. The first-order valence-electron chi connectivity index (χ1n) is 7.06. The fraction of sp³-hybridized carbons (Fsp3) is 0.533. The zero-order chi connectivity index (χ0) is 13.3. The maximum atomic E-state index is 12.2. The van der Waals surface area contributed by atoms with E-state index in [-0.39, 0.29) is 5.91 Å². The average Bonchev–Trinajstić information content (AvgIpc) is 2.79. The third-order valence-electron chi connectivity index (χ3n) is 4.09. The largest absolute Gasteiger partial charge is 0.342 e. The standard InChI is InChI=1S/C15H20N2OS/c1-2-3-4-11-5-6-12-13(9-11)19-8-7-15(12)14(18)16-10-17-15/h5-6,9,17H,2-4,7-8,10H2,1H3,(H,16,18). The lowest BCUT2D eigenvalue weighted by Gasteiger charge is -2.33. The van der Waals surface area contributed by atoms with Gasteiger partial charge >= 0.3 is 0 Å². The Morgan fingerprint density at radius 1 is 1.42 bits per heavy atom. The van der Waals surface area contributed by atoms with Gasteiger partial charge in [0.1, 0.15) is 5.54 Å². The molecule has 0 aliphatic carbocycles. The lowest BCUT2D eigenvalue weighted by atomic mass is 9.86. The molecule has 2 aliphatic rings. The topological polar surface area (TPSA) is 41.1 Å². The molecule has 2 aliphatic heterocycles. The monoisotopic (exact) mass is 276 g/mol. The van der Waals surface area contributed by atoms with Gasteiger partial charge in [0.05, 0.1) is 6.67 Å². The second-order valence-electron chi connectivity index (χ2n) is 5.30. The van der Waals surface area contributed by atoms with Crippen molar-refractivity contribution in [3.8, 4) is 0 Å². The van der Waals surface area contributed by atoms with Gasteiger partial charge in [0.15, 0.2) is 0 Å². The molecule has 0 aromatic heterocycles. The van der Waals surface area contributed by atoms with Crippen LogP contribution in [-0.2, 0) is 16.8 Å². The number of fused-ring (bicyclic) bond motifs is 2. The van der Waals surface area contributed by atoms with Gasteiger partial charge in [0.25, 0.3) is 0 Å². The molecule has 19 heavy (non-hydrogen) atoms. The van der Waals surface area contributed by atoms with Crippen LogP contribution < -0.4 is 10.6 Å². The quantitative estimate of drug-likeness (QED) is 0.890. The summed E-state index contributed by atoms with van der Waals surface area (Å²) in [5.74, 6) is 1.14. The fourth-order valence-corrected chi connectivity index (χ4v) is 4.21. The summed E-state index contributed by atoms with van der Waals surface area (Å²) in [5, 5.41) is 6.28. The summed E-state index contributed by atoms with van der Waals surface area (Å²) in [6.07, 6.45) is 4.47. The number of unbranched alkanes of at least 4 members (excludes halogenated alkanes) is 1. The Morgan fingerprint density at radius 3 is 3.05 bits per heavy atom. The van der Waals surface area contributed by atoms with Gasteiger partial charge < -0.3 is 5.32 Å². The fourth-order valence-electron chi connectivity index (χ4n) is 2.95. The number of aryl methyl sites for hydroxylation is 1. The number of carbonyl (C=O) groups is 1. The van der Waals surface area contributed by atoms with Gasteiger partial charge in [-0.25, -0.2) is 0 Å². The molecule has 2 N–H and O–H groups in total. The van der Waals surface area contributed by atoms with Gasteiger partial charge in [-0.3, -0.25) is 10.1 Å². The van der Waals surface area contributed by atoms with Crippen LogP contribution in [0.5, 0.6) is 0 Å². The number of hydrogen-bond donors (Lipinski definition) is 2. The molecule has 1 unspecified atom stereocenters. The van der Waals surface area contributed by atoms with Crippen molar-refractivity contribution in [2.24, 2.45) is 0 Å². The minimum Gasteiger partial charge on any atom is -0.342 e. The van der Waals surface area contributed by atoms with Crippen molar-refractivity contribution in [1.82, 2.24) is 10.6 Å². The van der Waals surface area contributed by atoms with E-state index in [4.69, 9.17) is 0 Å². The summed E-state index contributed by atoms with van der Waals surface area (Å²) in [7, 11) is 0. The van der Waals surface area contributed by atoms with Crippen molar-refractivity contribution in [2.45, 2.75) is 43.0 Å². The molecule has 0 saturated carbocycles. The van der Waals surface area contributed by atoms with E-state index in [1.807, 2.05) is 11.8 Å². The van der Waals surface area contributed by atoms with E-state index >= 15 is 0 Å². The molecule has 4 heteroatoms. The molecule has 102 valence electrons. The lowest BCUT2D eigenvalue weighted by Crippen LogP contribution is -2.45. The Hall–Kier alpha value is -1.00. The van der Waals surface area contributed by atoms with Crippen LogP contribution in [-0.4, -0.2) is 18.3 Å². The van der Waals surface area contributed by atoms with Gasteiger partial charge in [-0.1, -0.05) is 25.5 Å². The third kappa shape index (κ3) is 2.17. The maximum Gasteiger partial charge on any atom is 0.246 e. The molecule has 0 radical (unpaired) electrons. The Bertz CT molecular complexity index is 503. The number of carbonyl (C=O) groups excluding carboxylic acids is 1. The molecule has 3 rings (SSSR count). The molecule has 0 bridgehead atoms. The number of nitrogens with one attached hydrogen (secondary N) is 2. The van der Waals surface area contributed by atoms with E-state index in [1.165, 1.54) is 28.9 Å². The second kappa shape index (κ2) is 5.17. The van der Waals surface area contributed by atoms with E-state index in [1.54, 1.807) is 0 Å². The molecule has 1 aromatic carbocycles. The minimum absolute atomic E-state index is 0.135. The number of rotatable bonds is 3. The van der Waals surface area contributed by atoms with Crippen molar-refractivity contribution in [3.63, 3.8) is 0 Å². The summed E-state index contributed by atoms with van der Waals surface area (Å²) in [5.41, 5.74) is 2.09. The van der Waals surface area contributed by atoms with Crippen molar-refractivity contribution in [3.05, 3.63) is 29.3 Å². The van der Waals surface area contributed by atoms with Gasteiger partial charge in [-0.15, -0.1) is 11.8 Å². The van der Waals surface area contributed by atoms with Crippen LogP contribution in [0.15, 0.2) is 23.1 Å². The number of hydrogen-bond acceptors (Lipinski definition) is 3. The second-order valence-corrected chi connectivity index (χ2v) is 6.43. The molecule has 3 nitrogen and oxygen atoms in total. The van der Waals surface area contributed by atoms with Gasteiger partial charge in [-0.2, -0.15) is 0 Å². The van der Waals surface area contributed by atoms with E-state index in [9.17, 15) is 4.79 Å².